The highest BCUT2D eigenvalue weighted by Gasteiger charge is 2.11. The molecule has 2 rings (SSSR count). The fourth-order valence-electron chi connectivity index (χ4n) is 1.67. The Balaban J connectivity index is 2.45. The van der Waals surface area contributed by atoms with E-state index in [0.717, 1.165) is 17.1 Å². The molecule has 0 N–H and O–H groups in total. The van der Waals surface area contributed by atoms with E-state index in [0.29, 0.717) is 33.8 Å². The number of fused-ring (bicyclic) bond motifs is 1. The van der Waals surface area contributed by atoms with Crippen molar-refractivity contribution in [3.05, 3.63) is 28.4 Å². The summed E-state index contributed by atoms with van der Waals surface area (Å²) < 4.78 is 11.0. The van der Waals surface area contributed by atoms with Crippen LogP contribution in [0.2, 0.25) is 10.2 Å². The number of nitrogens with zero attached hydrogens (tertiary/aromatic N) is 1. The fourth-order valence-corrected chi connectivity index (χ4v) is 2.41. The molecule has 0 atom stereocenters. The van der Waals surface area contributed by atoms with Gasteiger partial charge >= 0.3 is 0 Å². The van der Waals surface area contributed by atoms with Crippen LogP contribution in [-0.4, -0.2) is 24.0 Å². The van der Waals surface area contributed by atoms with E-state index in [2.05, 4.69) is 20.9 Å². The molecule has 0 amide bonds. The molecule has 3 nitrogen and oxygen atoms in total. The molecule has 1 heterocycles. The van der Waals surface area contributed by atoms with Gasteiger partial charge in [0.15, 0.2) is 11.5 Å². The molecule has 0 saturated heterocycles. The molecule has 6 heteroatoms. The first-order chi connectivity index (χ1) is 9.15. The maximum absolute atomic E-state index is 6.14. The Morgan fingerprint density at radius 1 is 1.21 bits per heavy atom. The normalized spacial score (nSPS) is 10.7. The van der Waals surface area contributed by atoms with Crippen LogP contribution in [0.3, 0.4) is 0 Å². The second-order valence-electron chi connectivity index (χ2n) is 3.84. The van der Waals surface area contributed by atoms with Gasteiger partial charge in [-0.25, -0.2) is 4.98 Å². The van der Waals surface area contributed by atoms with Gasteiger partial charge in [0, 0.05) is 16.8 Å². The third-order valence-electron chi connectivity index (χ3n) is 2.55. The average molecular weight is 365 g/mol. The summed E-state index contributed by atoms with van der Waals surface area (Å²) in [7, 11) is 1.59. The second kappa shape index (κ2) is 6.64. The zero-order valence-electron chi connectivity index (χ0n) is 10.3. The third-order valence-corrected chi connectivity index (χ3v) is 3.61. The highest BCUT2D eigenvalue weighted by atomic mass is 79.9. The molecule has 0 saturated carbocycles. The Labute approximate surface area is 129 Å². The number of pyridine rings is 1. The van der Waals surface area contributed by atoms with Gasteiger partial charge in [-0.1, -0.05) is 39.1 Å². The quantitative estimate of drug-likeness (QED) is 0.437. The number of halogens is 3. The SMILES string of the molecule is COc1cc2c(Cl)cc(Cl)nc2cc1OCCCBr. The predicted molar refractivity (Wildman–Crippen MR) is 82.2 cm³/mol. The van der Waals surface area contributed by atoms with Crippen LogP contribution in [0.5, 0.6) is 11.5 Å². The van der Waals surface area contributed by atoms with Crippen LogP contribution in [0.4, 0.5) is 0 Å². The van der Waals surface area contributed by atoms with E-state index in [4.69, 9.17) is 32.7 Å². The maximum Gasteiger partial charge on any atom is 0.163 e. The molecule has 0 fully saturated rings. The van der Waals surface area contributed by atoms with Crippen LogP contribution in [-0.2, 0) is 0 Å². The summed E-state index contributed by atoms with van der Waals surface area (Å²) in [5.74, 6) is 1.27. The van der Waals surface area contributed by atoms with Crippen molar-refractivity contribution >= 4 is 50.0 Å². The molecule has 0 unspecified atom stereocenters. The van der Waals surface area contributed by atoms with Gasteiger partial charge in [0.2, 0.25) is 0 Å². The van der Waals surface area contributed by atoms with Crippen molar-refractivity contribution in [2.24, 2.45) is 0 Å². The van der Waals surface area contributed by atoms with Crippen LogP contribution in [0.1, 0.15) is 6.42 Å². The molecule has 0 spiro atoms. The summed E-state index contributed by atoms with van der Waals surface area (Å²) in [4.78, 5) is 4.24. The first-order valence-electron chi connectivity index (χ1n) is 5.68. The van der Waals surface area contributed by atoms with Gasteiger partial charge in [-0.05, 0) is 18.6 Å². The average Bonchev–Trinajstić information content (AvgIpc) is 2.38. The molecule has 0 aliphatic rings. The van der Waals surface area contributed by atoms with E-state index in [1.807, 2.05) is 6.07 Å². The number of hydrogen-bond donors (Lipinski definition) is 0. The first kappa shape index (κ1) is 14.7. The van der Waals surface area contributed by atoms with Crippen molar-refractivity contribution in [3.8, 4) is 11.5 Å². The van der Waals surface area contributed by atoms with Crippen LogP contribution in [0.15, 0.2) is 18.2 Å². The topological polar surface area (TPSA) is 31.4 Å². The summed E-state index contributed by atoms with van der Waals surface area (Å²) >= 11 is 15.4. The lowest BCUT2D eigenvalue weighted by atomic mass is 10.2. The summed E-state index contributed by atoms with van der Waals surface area (Å²) in [5.41, 5.74) is 0.687. The van der Waals surface area contributed by atoms with Gasteiger partial charge in [-0.15, -0.1) is 0 Å². The fraction of sp³-hybridized carbons (Fsp3) is 0.308. The molecule has 1 aromatic carbocycles. The van der Waals surface area contributed by atoms with E-state index in [1.165, 1.54) is 0 Å². The Morgan fingerprint density at radius 3 is 2.68 bits per heavy atom. The van der Waals surface area contributed by atoms with Crippen molar-refractivity contribution < 1.29 is 9.47 Å². The van der Waals surface area contributed by atoms with Gasteiger partial charge in [-0.3, -0.25) is 0 Å². The monoisotopic (exact) mass is 363 g/mol. The Morgan fingerprint density at radius 2 is 2.00 bits per heavy atom. The highest BCUT2D eigenvalue weighted by Crippen LogP contribution is 2.35. The number of hydrogen-bond acceptors (Lipinski definition) is 3. The minimum atomic E-state index is 0.356. The molecular weight excluding hydrogens is 353 g/mol. The van der Waals surface area contributed by atoms with Crippen LogP contribution >= 0.6 is 39.1 Å². The lowest BCUT2D eigenvalue weighted by molar-refractivity contribution is 0.296. The standard InChI is InChI=1S/C13H12BrCl2NO2/c1-18-11-5-8-9(15)6-13(16)17-10(8)7-12(11)19-4-2-3-14/h5-7H,2-4H2,1H3. The number of aromatic nitrogens is 1. The molecule has 0 aliphatic carbocycles. The first-order valence-corrected chi connectivity index (χ1v) is 7.56. The van der Waals surface area contributed by atoms with Crippen LogP contribution in [0.25, 0.3) is 10.9 Å². The lowest BCUT2D eigenvalue weighted by Gasteiger charge is -2.12. The Hall–Kier alpha value is -0.710. The van der Waals surface area contributed by atoms with E-state index in [9.17, 15) is 0 Å². The van der Waals surface area contributed by atoms with Crippen LogP contribution in [0, 0.1) is 0 Å². The van der Waals surface area contributed by atoms with E-state index in [-0.39, 0.29) is 0 Å². The number of benzene rings is 1. The molecule has 2 aromatic rings. The molecule has 0 bridgehead atoms. The minimum Gasteiger partial charge on any atom is -0.493 e. The largest absolute Gasteiger partial charge is 0.493 e. The van der Waals surface area contributed by atoms with Crippen molar-refractivity contribution in [2.75, 3.05) is 19.0 Å². The number of ether oxygens (including phenoxy) is 2. The molecular formula is C13H12BrCl2NO2. The van der Waals surface area contributed by atoms with Gasteiger partial charge in [0.25, 0.3) is 0 Å². The Kier molecular flexibility index (Phi) is 5.13. The molecule has 0 radical (unpaired) electrons. The van der Waals surface area contributed by atoms with Gasteiger partial charge in [0.1, 0.15) is 5.15 Å². The number of alkyl halides is 1. The van der Waals surface area contributed by atoms with Gasteiger partial charge < -0.3 is 9.47 Å². The van der Waals surface area contributed by atoms with Crippen molar-refractivity contribution in [1.82, 2.24) is 4.98 Å². The van der Waals surface area contributed by atoms with Crippen molar-refractivity contribution in [2.45, 2.75) is 6.42 Å². The molecule has 0 aliphatic heterocycles. The predicted octanol–water partition coefficient (Wildman–Crippen LogP) is 4.71. The summed E-state index contributed by atoms with van der Waals surface area (Å²) in [6.45, 7) is 0.599. The Bertz CT molecular complexity index is 592. The second-order valence-corrected chi connectivity index (χ2v) is 5.43. The van der Waals surface area contributed by atoms with E-state index < -0.39 is 0 Å². The summed E-state index contributed by atoms with van der Waals surface area (Å²) in [6.07, 6.45) is 0.908. The van der Waals surface area contributed by atoms with Gasteiger partial charge in [-0.2, -0.15) is 0 Å². The third kappa shape index (κ3) is 3.44. The lowest BCUT2D eigenvalue weighted by Crippen LogP contribution is -2.00. The molecule has 1 aromatic heterocycles. The van der Waals surface area contributed by atoms with Crippen molar-refractivity contribution in [1.29, 1.82) is 0 Å². The van der Waals surface area contributed by atoms with Crippen molar-refractivity contribution in [3.63, 3.8) is 0 Å². The number of methoxy groups -OCH3 is 1. The summed E-state index contributed by atoms with van der Waals surface area (Å²) in [5, 5.41) is 2.57. The smallest absolute Gasteiger partial charge is 0.163 e. The van der Waals surface area contributed by atoms with Gasteiger partial charge in [0.05, 0.1) is 24.3 Å². The highest BCUT2D eigenvalue weighted by molar-refractivity contribution is 9.09. The zero-order chi connectivity index (χ0) is 13.8. The van der Waals surface area contributed by atoms with E-state index >= 15 is 0 Å². The van der Waals surface area contributed by atoms with Crippen LogP contribution < -0.4 is 9.47 Å². The molecule has 19 heavy (non-hydrogen) atoms. The minimum absolute atomic E-state index is 0.356. The zero-order valence-corrected chi connectivity index (χ0v) is 13.3. The maximum atomic E-state index is 6.14. The summed E-state index contributed by atoms with van der Waals surface area (Å²) in [6, 6.07) is 5.21. The number of rotatable bonds is 5. The van der Waals surface area contributed by atoms with E-state index in [1.54, 1.807) is 19.2 Å². The molecule has 102 valence electrons.